The summed E-state index contributed by atoms with van der Waals surface area (Å²) in [5.41, 5.74) is 0.203. The van der Waals surface area contributed by atoms with Gasteiger partial charge in [0.05, 0.1) is 6.04 Å². The SMILES string of the molecule is CC(C)N1C(=O)N(C2CCOCC2)C(=O)C12CC1CCC(C2)N1CCC(NC(=O)C1CCC(F)(F)CC1)c1ccccc1. The van der Waals surface area contributed by atoms with E-state index in [0.717, 1.165) is 24.9 Å². The second-order valence-corrected chi connectivity index (χ2v) is 13.7. The number of carbonyl (C=O) groups is 3. The van der Waals surface area contributed by atoms with Gasteiger partial charge in [-0.3, -0.25) is 19.4 Å². The summed E-state index contributed by atoms with van der Waals surface area (Å²) in [7, 11) is 0. The van der Waals surface area contributed by atoms with E-state index in [-0.39, 0.29) is 79.7 Å². The molecule has 4 heterocycles. The Morgan fingerprint density at radius 2 is 1.58 bits per heavy atom. The van der Waals surface area contributed by atoms with E-state index in [0.29, 0.717) is 45.3 Å². The number of hydrogen-bond acceptors (Lipinski definition) is 5. The molecule has 1 aromatic carbocycles. The zero-order valence-corrected chi connectivity index (χ0v) is 25.5. The summed E-state index contributed by atoms with van der Waals surface area (Å²) in [5.74, 6) is -3.22. The molecular formula is C33H46F2N4O4. The monoisotopic (exact) mass is 600 g/mol. The Balaban J connectivity index is 1.16. The highest BCUT2D eigenvalue weighted by atomic mass is 19.3. The van der Waals surface area contributed by atoms with Crippen LogP contribution in [0.15, 0.2) is 30.3 Å². The topological polar surface area (TPSA) is 82.2 Å². The van der Waals surface area contributed by atoms with Crippen molar-refractivity contribution in [3.8, 4) is 0 Å². The van der Waals surface area contributed by atoms with Crippen LogP contribution in [0.5, 0.6) is 0 Å². The summed E-state index contributed by atoms with van der Waals surface area (Å²) in [6, 6.07) is 9.68. The van der Waals surface area contributed by atoms with Gasteiger partial charge in [-0.2, -0.15) is 0 Å². The largest absolute Gasteiger partial charge is 0.381 e. The molecule has 6 rings (SSSR count). The lowest BCUT2D eigenvalue weighted by Gasteiger charge is -2.48. The quantitative estimate of drug-likeness (QED) is 0.411. The van der Waals surface area contributed by atoms with E-state index in [2.05, 4.69) is 10.2 Å². The Kier molecular flexibility index (Phi) is 8.54. The molecule has 10 heteroatoms. The van der Waals surface area contributed by atoms with Gasteiger partial charge in [0, 0.05) is 62.7 Å². The lowest BCUT2D eigenvalue weighted by atomic mass is 9.80. The fourth-order valence-corrected chi connectivity index (χ4v) is 8.62. The lowest BCUT2D eigenvalue weighted by Crippen LogP contribution is -2.62. The highest BCUT2D eigenvalue weighted by molar-refractivity contribution is 6.07. The van der Waals surface area contributed by atoms with Crippen LogP contribution < -0.4 is 5.32 Å². The van der Waals surface area contributed by atoms with Crippen LogP contribution in [0.25, 0.3) is 0 Å². The van der Waals surface area contributed by atoms with Crippen LogP contribution in [-0.2, 0) is 14.3 Å². The number of amides is 4. The second kappa shape index (κ2) is 12.1. The van der Waals surface area contributed by atoms with Gasteiger partial charge in [-0.05, 0) is 77.2 Å². The number of halogens is 2. The maximum Gasteiger partial charge on any atom is 0.328 e. The number of imide groups is 1. The zero-order chi connectivity index (χ0) is 30.4. The van der Waals surface area contributed by atoms with E-state index in [1.165, 1.54) is 0 Å². The summed E-state index contributed by atoms with van der Waals surface area (Å²) in [5, 5.41) is 3.21. The van der Waals surface area contributed by atoms with Crippen molar-refractivity contribution < 1.29 is 27.9 Å². The second-order valence-electron chi connectivity index (χ2n) is 13.7. The minimum Gasteiger partial charge on any atom is -0.381 e. The fourth-order valence-electron chi connectivity index (χ4n) is 8.62. The average molecular weight is 601 g/mol. The molecule has 2 bridgehead atoms. The Bertz CT molecular complexity index is 1170. The molecule has 1 saturated carbocycles. The van der Waals surface area contributed by atoms with Crippen LogP contribution in [0.3, 0.4) is 0 Å². The van der Waals surface area contributed by atoms with Gasteiger partial charge >= 0.3 is 6.03 Å². The first-order valence-corrected chi connectivity index (χ1v) is 16.3. The molecule has 3 atom stereocenters. The van der Waals surface area contributed by atoms with Crippen molar-refractivity contribution in [3.05, 3.63) is 35.9 Å². The van der Waals surface area contributed by atoms with E-state index >= 15 is 0 Å². The average Bonchev–Trinajstić information content (AvgIpc) is 3.35. The molecule has 1 aromatic rings. The number of carbonyl (C=O) groups excluding carboxylic acids is 3. The molecule has 0 radical (unpaired) electrons. The van der Waals surface area contributed by atoms with Crippen molar-refractivity contribution in [3.63, 3.8) is 0 Å². The molecule has 0 aromatic heterocycles. The molecule has 3 unspecified atom stereocenters. The zero-order valence-electron chi connectivity index (χ0n) is 25.5. The van der Waals surface area contributed by atoms with Crippen LogP contribution in [-0.4, -0.2) is 87.9 Å². The number of piperidine rings is 1. The van der Waals surface area contributed by atoms with Gasteiger partial charge in [0.1, 0.15) is 5.54 Å². The van der Waals surface area contributed by atoms with Crippen molar-refractivity contribution in [2.75, 3.05) is 19.8 Å². The first-order chi connectivity index (χ1) is 20.6. The molecule has 8 nitrogen and oxygen atoms in total. The van der Waals surface area contributed by atoms with Gasteiger partial charge in [0.15, 0.2) is 0 Å². The van der Waals surface area contributed by atoms with Gasteiger partial charge in [-0.15, -0.1) is 0 Å². The predicted molar refractivity (Wildman–Crippen MR) is 157 cm³/mol. The van der Waals surface area contributed by atoms with E-state index in [1.807, 2.05) is 49.1 Å². The van der Waals surface area contributed by atoms with Gasteiger partial charge in [-0.25, -0.2) is 13.6 Å². The number of alkyl halides is 2. The molecule has 1 aliphatic carbocycles. The van der Waals surface area contributed by atoms with Crippen molar-refractivity contribution in [2.24, 2.45) is 5.92 Å². The Hall–Kier alpha value is -2.59. The van der Waals surface area contributed by atoms with Gasteiger partial charge in [0.25, 0.3) is 5.91 Å². The first kappa shape index (κ1) is 30.4. The minimum absolute atomic E-state index is 0.0258. The number of benzene rings is 1. The Morgan fingerprint density at radius 1 is 0.953 bits per heavy atom. The predicted octanol–water partition coefficient (Wildman–Crippen LogP) is 5.28. The maximum absolute atomic E-state index is 14.2. The lowest BCUT2D eigenvalue weighted by molar-refractivity contribution is -0.140. The third-order valence-corrected chi connectivity index (χ3v) is 10.8. The first-order valence-electron chi connectivity index (χ1n) is 16.3. The molecule has 5 fully saturated rings. The van der Waals surface area contributed by atoms with Crippen molar-refractivity contribution in [1.29, 1.82) is 0 Å². The normalized spacial score (nSPS) is 30.9. The molecule has 43 heavy (non-hydrogen) atoms. The maximum atomic E-state index is 14.2. The van der Waals surface area contributed by atoms with E-state index in [4.69, 9.17) is 4.74 Å². The van der Waals surface area contributed by atoms with E-state index < -0.39 is 11.5 Å². The van der Waals surface area contributed by atoms with Crippen LogP contribution in [0.2, 0.25) is 0 Å². The minimum atomic E-state index is -2.67. The number of ether oxygens (including phenoxy) is 1. The third-order valence-electron chi connectivity index (χ3n) is 10.8. The number of nitrogens with zero attached hydrogens (tertiary/aromatic N) is 3. The smallest absolute Gasteiger partial charge is 0.328 e. The van der Waals surface area contributed by atoms with Gasteiger partial charge in [0.2, 0.25) is 11.8 Å². The fraction of sp³-hybridized carbons (Fsp3) is 0.727. The van der Waals surface area contributed by atoms with Crippen LogP contribution in [0.1, 0.15) is 96.1 Å². The Labute approximate surface area is 253 Å². The molecule has 4 saturated heterocycles. The number of rotatable bonds is 8. The number of nitrogens with one attached hydrogen (secondary N) is 1. The molecule has 236 valence electrons. The Morgan fingerprint density at radius 3 is 2.19 bits per heavy atom. The molecule has 1 spiro atoms. The molecular weight excluding hydrogens is 554 g/mol. The number of hydrogen-bond donors (Lipinski definition) is 1. The van der Waals surface area contributed by atoms with E-state index in [1.54, 1.807) is 4.90 Å². The van der Waals surface area contributed by atoms with Crippen molar-refractivity contribution in [1.82, 2.24) is 20.0 Å². The highest BCUT2D eigenvalue weighted by Crippen LogP contribution is 2.49. The van der Waals surface area contributed by atoms with E-state index in [9.17, 15) is 23.2 Å². The van der Waals surface area contributed by atoms with Gasteiger partial charge < -0.3 is 15.0 Å². The standard InChI is InChI=1S/C33H46F2N4O4/c1-22(2)39-31(42)38(25-13-18-43-19-14-25)30(41)32(39)20-26-8-9-27(21-32)37(26)17-12-28(23-6-4-3-5-7-23)36-29(40)24-10-15-33(34,35)16-11-24/h3-7,22,24-28H,8-21H2,1-2H3,(H,36,40). The molecule has 4 amide bonds. The van der Waals surface area contributed by atoms with Crippen LogP contribution in [0, 0.1) is 5.92 Å². The van der Waals surface area contributed by atoms with Gasteiger partial charge in [-0.1, -0.05) is 30.3 Å². The third kappa shape index (κ3) is 5.81. The highest BCUT2D eigenvalue weighted by Gasteiger charge is 2.64. The number of urea groups is 1. The molecule has 5 aliphatic rings. The summed E-state index contributed by atoms with van der Waals surface area (Å²) in [6.45, 7) is 5.91. The summed E-state index contributed by atoms with van der Waals surface area (Å²) in [4.78, 5) is 47.2. The summed E-state index contributed by atoms with van der Waals surface area (Å²) >= 11 is 0. The van der Waals surface area contributed by atoms with Crippen molar-refractivity contribution >= 4 is 17.8 Å². The number of fused-ring (bicyclic) bond motifs is 2. The summed E-state index contributed by atoms with van der Waals surface area (Å²) in [6.07, 6.45) is 5.24. The van der Waals surface area contributed by atoms with Crippen molar-refractivity contribution in [2.45, 2.75) is 126 Å². The molecule has 4 aliphatic heterocycles. The molecule has 1 N–H and O–H groups in total. The summed E-state index contributed by atoms with van der Waals surface area (Å²) < 4.78 is 33.0. The van der Waals surface area contributed by atoms with Crippen LogP contribution >= 0.6 is 0 Å². The van der Waals surface area contributed by atoms with Crippen LogP contribution in [0.4, 0.5) is 13.6 Å².